The van der Waals surface area contributed by atoms with Gasteiger partial charge >= 0.3 is 0 Å². The Labute approximate surface area is 404 Å². The van der Waals surface area contributed by atoms with E-state index in [0.717, 1.165) is 90.0 Å². The number of hydrogen-bond donors (Lipinski definition) is 1. The predicted molar refractivity (Wildman–Crippen MR) is 293 cm³/mol. The van der Waals surface area contributed by atoms with E-state index < -0.39 is 0 Å². The van der Waals surface area contributed by atoms with Crippen molar-refractivity contribution < 1.29 is 4.42 Å². The van der Waals surface area contributed by atoms with E-state index >= 15 is 0 Å². The van der Waals surface area contributed by atoms with Gasteiger partial charge in [0.2, 0.25) is 0 Å². The van der Waals surface area contributed by atoms with Crippen molar-refractivity contribution in [3.05, 3.63) is 260 Å². The molecule has 332 valence electrons. The van der Waals surface area contributed by atoms with Crippen molar-refractivity contribution in [3.63, 3.8) is 0 Å². The van der Waals surface area contributed by atoms with Crippen molar-refractivity contribution in [1.29, 1.82) is 0 Å². The first-order valence-electron chi connectivity index (χ1n) is 23.3. The molecule has 2 aromatic heterocycles. The second-order valence-corrected chi connectivity index (χ2v) is 17.1. The van der Waals surface area contributed by atoms with Gasteiger partial charge in [-0.25, -0.2) is 0 Å². The van der Waals surface area contributed by atoms with E-state index in [2.05, 4.69) is 259 Å². The summed E-state index contributed by atoms with van der Waals surface area (Å²) in [5.41, 5.74) is 18.7. The van der Waals surface area contributed by atoms with Crippen LogP contribution < -0.4 is 15.1 Å². The van der Waals surface area contributed by atoms with Crippen molar-refractivity contribution in [2.45, 2.75) is 13.1 Å². The topological polar surface area (TPSA) is 36.6 Å². The van der Waals surface area contributed by atoms with Crippen molar-refractivity contribution in [2.24, 2.45) is 0 Å². The number of nitrogens with zero attached hydrogens (tertiary/aromatic N) is 3. The van der Waals surface area contributed by atoms with Gasteiger partial charge in [-0.1, -0.05) is 141 Å². The fourth-order valence-electron chi connectivity index (χ4n) is 9.74. The Balaban J connectivity index is 0.926. The number of rotatable bonds is 13. The van der Waals surface area contributed by atoms with Crippen LogP contribution in [0.4, 0.5) is 34.1 Å². The van der Waals surface area contributed by atoms with Crippen LogP contribution in [0.25, 0.3) is 74.5 Å². The van der Waals surface area contributed by atoms with Gasteiger partial charge in [0.1, 0.15) is 17.7 Å². The average Bonchev–Trinajstić information content (AvgIpc) is 4.12. The lowest BCUT2D eigenvalue weighted by Crippen LogP contribution is -2.23. The van der Waals surface area contributed by atoms with E-state index in [1.165, 1.54) is 16.6 Å². The Morgan fingerprint density at radius 1 is 0.536 bits per heavy atom. The lowest BCUT2D eigenvalue weighted by Gasteiger charge is -2.27. The van der Waals surface area contributed by atoms with Gasteiger partial charge in [0.05, 0.1) is 22.6 Å². The van der Waals surface area contributed by atoms with E-state index in [-0.39, 0.29) is 6.17 Å². The molecule has 1 unspecified atom stereocenters. The van der Waals surface area contributed by atoms with Crippen LogP contribution in [0, 0.1) is 0 Å². The molecule has 5 heteroatoms. The molecule has 0 fully saturated rings. The molecule has 0 amide bonds. The first-order chi connectivity index (χ1) is 34.0. The highest BCUT2D eigenvalue weighted by atomic mass is 16.3. The standard InChI is InChI=1S/C64H50N4O/c1-5-17-56-57-42-50(34-41-60(57)67(59(56)7-3)51-18-11-9-12-19-51)47-30-37-54(38-31-47)66(55-39-32-48(33-40-55)63-43-44(6-2)62(8-4)69-63)53-35-28-46(29-36-53)45-24-26-49(27-25-45)64-65-58-22-15-16-23-61(58)68(64)52-20-13-10-14-21-52/h5-43,64-65H,2-4H2,1H3/b17-5-. The Hall–Kier alpha value is -9.06. The SMILES string of the molecule is C=Cc1cc(-c2ccc(N(c3ccc(-c4ccc(C5Nc6ccccc6N5c5ccccc5)cc4)cc3)c3ccc(-c4ccc5c(c4)c(/C=C\C)c(C=C)n5-c4ccccc4)cc3)cc2)oc1C=C. The third kappa shape index (κ3) is 7.86. The molecular weight excluding hydrogens is 841 g/mol. The van der Waals surface area contributed by atoms with E-state index in [1.807, 2.05) is 12.1 Å². The number of nitrogens with one attached hydrogen (secondary N) is 1. The lowest BCUT2D eigenvalue weighted by atomic mass is 10.0. The number of para-hydroxylation sites is 4. The Morgan fingerprint density at radius 3 is 1.67 bits per heavy atom. The van der Waals surface area contributed by atoms with Crippen LogP contribution in [0.2, 0.25) is 0 Å². The molecule has 0 saturated carbocycles. The van der Waals surface area contributed by atoms with Crippen molar-refractivity contribution >= 4 is 69.3 Å². The largest absolute Gasteiger partial charge is 0.456 e. The van der Waals surface area contributed by atoms with E-state index in [1.54, 1.807) is 12.2 Å². The van der Waals surface area contributed by atoms with Gasteiger partial charge in [-0.2, -0.15) is 0 Å². The number of furan rings is 1. The summed E-state index contributed by atoms with van der Waals surface area (Å²) in [4.78, 5) is 4.68. The number of anilines is 6. The molecule has 8 aromatic carbocycles. The van der Waals surface area contributed by atoms with Crippen LogP contribution in [0.1, 0.15) is 41.2 Å². The van der Waals surface area contributed by atoms with Crippen molar-refractivity contribution in [3.8, 4) is 39.3 Å². The zero-order chi connectivity index (χ0) is 46.8. The molecular formula is C64H50N4O. The highest BCUT2D eigenvalue weighted by Crippen LogP contribution is 2.46. The molecule has 0 bridgehead atoms. The minimum absolute atomic E-state index is 0.0289. The third-order valence-electron chi connectivity index (χ3n) is 13.1. The summed E-state index contributed by atoms with van der Waals surface area (Å²) in [6, 6.07) is 73.5. The van der Waals surface area contributed by atoms with Gasteiger partial charge in [-0.15, -0.1) is 0 Å². The fraction of sp³-hybridized carbons (Fsp3) is 0.0312. The van der Waals surface area contributed by atoms with Crippen molar-refractivity contribution in [1.82, 2.24) is 4.57 Å². The van der Waals surface area contributed by atoms with E-state index in [0.29, 0.717) is 5.76 Å². The minimum atomic E-state index is -0.0289. The Bertz CT molecular complexity index is 3480. The highest BCUT2D eigenvalue weighted by molar-refractivity contribution is 5.98. The molecule has 69 heavy (non-hydrogen) atoms. The number of fused-ring (bicyclic) bond motifs is 2. The monoisotopic (exact) mass is 890 g/mol. The van der Waals surface area contributed by atoms with Gasteiger partial charge in [0.15, 0.2) is 0 Å². The quantitative estimate of drug-likeness (QED) is 0.125. The number of aromatic nitrogens is 1. The molecule has 1 aliphatic rings. The third-order valence-corrected chi connectivity index (χ3v) is 13.1. The number of hydrogen-bond acceptors (Lipinski definition) is 4. The van der Waals surface area contributed by atoms with Gasteiger partial charge in [0, 0.05) is 50.5 Å². The van der Waals surface area contributed by atoms with Crippen LogP contribution in [0.3, 0.4) is 0 Å². The molecule has 10 aromatic rings. The van der Waals surface area contributed by atoms with Gasteiger partial charge < -0.3 is 24.1 Å². The summed E-state index contributed by atoms with van der Waals surface area (Å²) < 4.78 is 8.46. The molecule has 11 rings (SSSR count). The van der Waals surface area contributed by atoms with E-state index in [9.17, 15) is 0 Å². The molecule has 1 N–H and O–H groups in total. The smallest absolute Gasteiger partial charge is 0.135 e. The van der Waals surface area contributed by atoms with Gasteiger partial charge in [0.25, 0.3) is 0 Å². The average molecular weight is 891 g/mol. The van der Waals surface area contributed by atoms with E-state index in [4.69, 9.17) is 4.42 Å². The zero-order valence-corrected chi connectivity index (χ0v) is 38.5. The molecule has 1 aliphatic heterocycles. The summed E-state index contributed by atoms with van der Waals surface area (Å²) >= 11 is 0. The molecule has 0 saturated heterocycles. The molecule has 0 radical (unpaired) electrons. The fourth-order valence-corrected chi connectivity index (χ4v) is 9.74. The molecule has 0 spiro atoms. The van der Waals surface area contributed by atoms with Crippen LogP contribution in [0.15, 0.2) is 236 Å². The number of benzene rings is 8. The maximum Gasteiger partial charge on any atom is 0.135 e. The summed E-state index contributed by atoms with van der Waals surface area (Å²) in [6.07, 6.45) is 9.73. The van der Waals surface area contributed by atoms with Gasteiger partial charge in [-0.05, 0) is 150 Å². The highest BCUT2D eigenvalue weighted by Gasteiger charge is 2.31. The molecule has 3 heterocycles. The van der Waals surface area contributed by atoms with Gasteiger partial charge in [-0.3, -0.25) is 0 Å². The second kappa shape index (κ2) is 18.3. The first-order valence-corrected chi connectivity index (χ1v) is 23.3. The summed E-state index contributed by atoms with van der Waals surface area (Å²) in [7, 11) is 0. The first kappa shape index (κ1) is 42.6. The predicted octanol–water partition coefficient (Wildman–Crippen LogP) is 17.9. The number of allylic oxidation sites excluding steroid dienone is 1. The van der Waals surface area contributed by atoms with Crippen LogP contribution in [-0.2, 0) is 0 Å². The Morgan fingerprint density at radius 2 is 1.09 bits per heavy atom. The molecule has 0 aliphatic carbocycles. The zero-order valence-electron chi connectivity index (χ0n) is 38.5. The minimum Gasteiger partial charge on any atom is -0.456 e. The second-order valence-electron chi connectivity index (χ2n) is 17.1. The molecule has 5 nitrogen and oxygen atoms in total. The lowest BCUT2D eigenvalue weighted by molar-refractivity contribution is 0.571. The summed E-state index contributed by atoms with van der Waals surface area (Å²) in [6.45, 7) is 14.2. The normalized spacial score (nSPS) is 13.1. The summed E-state index contributed by atoms with van der Waals surface area (Å²) in [5, 5.41) is 4.95. The van der Waals surface area contributed by atoms with Crippen molar-refractivity contribution in [2.75, 3.05) is 15.1 Å². The maximum atomic E-state index is 6.16. The summed E-state index contributed by atoms with van der Waals surface area (Å²) in [5.74, 6) is 1.48. The van der Waals surface area contributed by atoms with Crippen LogP contribution in [-0.4, -0.2) is 4.57 Å². The van der Waals surface area contributed by atoms with Crippen LogP contribution >= 0.6 is 0 Å². The van der Waals surface area contributed by atoms with Crippen LogP contribution in [0.5, 0.6) is 0 Å². The molecule has 1 atom stereocenters. The maximum absolute atomic E-state index is 6.16. The Kier molecular flexibility index (Phi) is 11.3.